The molecule has 0 aliphatic carbocycles. The predicted octanol–water partition coefficient (Wildman–Crippen LogP) is 3.62. The molecule has 1 aliphatic heterocycles. The molecule has 1 aromatic heterocycles. The third kappa shape index (κ3) is 4.29. The summed E-state index contributed by atoms with van der Waals surface area (Å²) in [6.45, 7) is 5.00. The lowest BCUT2D eigenvalue weighted by Gasteiger charge is -2.25. The fraction of sp³-hybridized carbons (Fsp3) is 0.350. The van der Waals surface area contributed by atoms with Gasteiger partial charge < -0.3 is 15.0 Å². The molecule has 0 spiro atoms. The molecule has 1 aliphatic rings. The van der Waals surface area contributed by atoms with Crippen LogP contribution in [0.3, 0.4) is 0 Å². The molecule has 2 heterocycles. The number of aryl methyl sites for hydroxylation is 1. The highest BCUT2D eigenvalue weighted by atomic mass is 32.1. The molecule has 7 heteroatoms. The van der Waals surface area contributed by atoms with Crippen molar-refractivity contribution in [1.29, 1.82) is 5.26 Å². The van der Waals surface area contributed by atoms with Crippen LogP contribution in [0.15, 0.2) is 24.3 Å². The SMILES string of the molecule is CCOC(=O)N1CCc2c(sc(NC(=O)Cc3cccc(C)c3)c2C#N)C1. The van der Waals surface area contributed by atoms with E-state index in [-0.39, 0.29) is 18.4 Å². The van der Waals surface area contributed by atoms with Gasteiger partial charge in [-0.05, 0) is 31.4 Å². The number of nitriles is 1. The van der Waals surface area contributed by atoms with Crippen molar-refractivity contribution in [2.45, 2.75) is 33.2 Å². The Morgan fingerprint density at radius 1 is 1.41 bits per heavy atom. The van der Waals surface area contributed by atoms with E-state index in [0.717, 1.165) is 21.6 Å². The number of thiophene rings is 1. The third-order valence-corrected chi connectivity index (χ3v) is 5.53. The second kappa shape index (κ2) is 8.23. The standard InChI is InChI=1S/C20H21N3O3S/c1-3-26-20(25)23-8-7-15-16(11-21)19(27-17(15)12-23)22-18(24)10-14-6-4-5-13(2)9-14/h4-6,9H,3,7-8,10,12H2,1-2H3,(H,22,24). The van der Waals surface area contributed by atoms with E-state index < -0.39 is 0 Å². The molecule has 6 nitrogen and oxygen atoms in total. The summed E-state index contributed by atoms with van der Waals surface area (Å²) in [6.07, 6.45) is 0.492. The fourth-order valence-corrected chi connectivity index (χ4v) is 4.39. The molecule has 27 heavy (non-hydrogen) atoms. The monoisotopic (exact) mass is 383 g/mol. The Morgan fingerprint density at radius 2 is 2.22 bits per heavy atom. The summed E-state index contributed by atoms with van der Waals surface area (Å²) in [6, 6.07) is 10.0. The van der Waals surface area contributed by atoms with Crippen LogP contribution in [0.4, 0.5) is 9.80 Å². The van der Waals surface area contributed by atoms with Crippen molar-refractivity contribution in [1.82, 2.24) is 4.90 Å². The van der Waals surface area contributed by atoms with Crippen LogP contribution in [-0.2, 0) is 28.9 Å². The lowest BCUT2D eigenvalue weighted by atomic mass is 10.0. The zero-order valence-corrected chi connectivity index (χ0v) is 16.2. The molecule has 0 unspecified atom stereocenters. The maximum absolute atomic E-state index is 12.4. The molecule has 2 aromatic rings. The van der Waals surface area contributed by atoms with Crippen molar-refractivity contribution in [3.05, 3.63) is 51.4 Å². The average Bonchev–Trinajstić information content (AvgIpc) is 2.97. The molecular weight excluding hydrogens is 362 g/mol. The maximum atomic E-state index is 12.4. The Morgan fingerprint density at radius 3 is 2.93 bits per heavy atom. The van der Waals surface area contributed by atoms with Gasteiger partial charge in [0.05, 0.1) is 25.1 Å². The Bertz CT molecular complexity index is 914. The normalized spacial score (nSPS) is 12.9. The number of rotatable bonds is 4. The molecule has 140 valence electrons. The van der Waals surface area contributed by atoms with Gasteiger partial charge in [0.1, 0.15) is 11.1 Å². The third-order valence-electron chi connectivity index (χ3n) is 4.39. The Kier molecular flexibility index (Phi) is 5.77. The number of anilines is 1. The predicted molar refractivity (Wildman–Crippen MR) is 104 cm³/mol. The first-order chi connectivity index (χ1) is 13.0. The Balaban J connectivity index is 1.74. The van der Waals surface area contributed by atoms with Crippen molar-refractivity contribution in [2.75, 3.05) is 18.5 Å². The molecule has 3 rings (SSSR count). The molecule has 0 bridgehead atoms. The second-order valence-corrected chi connectivity index (χ2v) is 7.51. The Hall–Kier alpha value is -2.85. The number of benzene rings is 1. The number of fused-ring (bicyclic) bond motifs is 1. The van der Waals surface area contributed by atoms with Crippen LogP contribution in [0.1, 0.15) is 34.1 Å². The second-order valence-electron chi connectivity index (χ2n) is 6.40. The number of ether oxygens (including phenoxy) is 1. The van der Waals surface area contributed by atoms with Crippen LogP contribution in [0.25, 0.3) is 0 Å². The van der Waals surface area contributed by atoms with Crippen LogP contribution in [0.5, 0.6) is 0 Å². The molecule has 0 saturated heterocycles. The first-order valence-corrected chi connectivity index (χ1v) is 9.65. The number of nitrogens with one attached hydrogen (secondary N) is 1. The first-order valence-electron chi connectivity index (χ1n) is 8.83. The number of amides is 2. The topological polar surface area (TPSA) is 82.4 Å². The zero-order chi connectivity index (χ0) is 19.4. The lowest BCUT2D eigenvalue weighted by Crippen LogP contribution is -2.35. The summed E-state index contributed by atoms with van der Waals surface area (Å²) in [5.41, 5.74) is 3.47. The highest BCUT2D eigenvalue weighted by molar-refractivity contribution is 7.16. The number of carbonyl (C=O) groups is 2. The molecule has 0 atom stereocenters. The van der Waals surface area contributed by atoms with Gasteiger partial charge in [0.15, 0.2) is 0 Å². The summed E-state index contributed by atoms with van der Waals surface area (Å²) < 4.78 is 5.06. The van der Waals surface area contributed by atoms with Crippen LogP contribution < -0.4 is 5.32 Å². The van der Waals surface area contributed by atoms with Crippen molar-refractivity contribution in [3.8, 4) is 6.07 Å². The highest BCUT2D eigenvalue weighted by Gasteiger charge is 2.28. The lowest BCUT2D eigenvalue weighted by molar-refractivity contribution is -0.115. The minimum Gasteiger partial charge on any atom is -0.450 e. The molecule has 1 aromatic carbocycles. The molecule has 1 N–H and O–H groups in total. The zero-order valence-electron chi connectivity index (χ0n) is 15.4. The van der Waals surface area contributed by atoms with Crippen LogP contribution >= 0.6 is 11.3 Å². The van der Waals surface area contributed by atoms with Gasteiger partial charge in [0.25, 0.3) is 0 Å². The number of carbonyl (C=O) groups excluding carboxylic acids is 2. The largest absolute Gasteiger partial charge is 0.450 e. The Labute approximate surface area is 162 Å². The maximum Gasteiger partial charge on any atom is 0.410 e. The van der Waals surface area contributed by atoms with Crippen molar-refractivity contribution in [3.63, 3.8) is 0 Å². The minimum atomic E-state index is -0.347. The van der Waals surface area contributed by atoms with E-state index in [4.69, 9.17) is 4.74 Å². The minimum absolute atomic E-state index is 0.155. The summed E-state index contributed by atoms with van der Waals surface area (Å²) in [7, 11) is 0. The van der Waals surface area contributed by atoms with E-state index in [1.807, 2.05) is 31.2 Å². The highest BCUT2D eigenvalue weighted by Crippen LogP contribution is 2.36. The van der Waals surface area contributed by atoms with Crippen LogP contribution in [0.2, 0.25) is 0 Å². The van der Waals surface area contributed by atoms with Gasteiger partial charge in [0.2, 0.25) is 5.91 Å². The van der Waals surface area contributed by atoms with Gasteiger partial charge in [-0.1, -0.05) is 29.8 Å². The van der Waals surface area contributed by atoms with Crippen LogP contribution in [-0.4, -0.2) is 30.1 Å². The number of nitrogens with zero attached hydrogens (tertiary/aromatic N) is 2. The summed E-state index contributed by atoms with van der Waals surface area (Å²) in [4.78, 5) is 26.9. The van der Waals surface area contributed by atoms with Crippen molar-refractivity contribution >= 4 is 28.3 Å². The fourth-order valence-electron chi connectivity index (χ4n) is 3.16. The van der Waals surface area contributed by atoms with E-state index in [9.17, 15) is 14.9 Å². The molecular formula is C20H21N3O3S. The van der Waals surface area contributed by atoms with Gasteiger partial charge in [-0.25, -0.2) is 4.79 Å². The van der Waals surface area contributed by atoms with E-state index in [2.05, 4.69) is 11.4 Å². The number of hydrogen-bond donors (Lipinski definition) is 1. The number of hydrogen-bond acceptors (Lipinski definition) is 5. The van der Waals surface area contributed by atoms with Gasteiger partial charge in [-0.3, -0.25) is 4.79 Å². The molecule has 0 radical (unpaired) electrons. The van der Waals surface area contributed by atoms with Gasteiger partial charge >= 0.3 is 6.09 Å². The van der Waals surface area contributed by atoms with Crippen molar-refractivity contribution in [2.24, 2.45) is 0 Å². The van der Waals surface area contributed by atoms with E-state index in [0.29, 0.717) is 36.7 Å². The molecule has 2 amide bonds. The van der Waals surface area contributed by atoms with E-state index >= 15 is 0 Å². The molecule has 0 saturated carbocycles. The van der Waals surface area contributed by atoms with E-state index in [1.165, 1.54) is 11.3 Å². The quantitative estimate of drug-likeness (QED) is 0.874. The van der Waals surface area contributed by atoms with Crippen LogP contribution in [0, 0.1) is 18.3 Å². The first kappa shape index (κ1) is 18.9. The van der Waals surface area contributed by atoms with Gasteiger partial charge in [0, 0.05) is 11.4 Å². The summed E-state index contributed by atoms with van der Waals surface area (Å²) in [5.74, 6) is -0.155. The van der Waals surface area contributed by atoms with Crippen molar-refractivity contribution < 1.29 is 14.3 Å². The van der Waals surface area contributed by atoms with E-state index in [1.54, 1.807) is 11.8 Å². The van der Waals surface area contributed by atoms with Gasteiger partial charge in [-0.15, -0.1) is 11.3 Å². The smallest absolute Gasteiger partial charge is 0.410 e. The summed E-state index contributed by atoms with van der Waals surface area (Å²) in [5, 5.41) is 13.0. The van der Waals surface area contributed by atoms with Gasteiger partial charge in [-0.2, -0.15) is 5.26 Å². The summed E-state index contributed by atoms with van der Waals surface area (Å²) >= 11 is 1.36. The average molecular weight is 383 g/mol. The molecule has 0 fully saturated rings.